The summed E-state index contributed by atoms with van der Waals surface area (Å²) in [6, 6.07) is 4.75. The standard InChI is InChI=1S/C10H13BrF2N2O2S/c1-14-5-7-2-3-8(11)9(4-7)18(16,17)15-6-10(12)13/h2-4,10,14-15H,5-6H2,1H3. The van der Waals surface area contributed by atoms with Gasteiger partial charge in [-0.1, -0.05) is 6.07 Å². The van der Waals surface area contributed by atoms with Gasteiger partial charge in [-0.05, 0) is 40.7 Å². The highest BCUT2D eigenvalue weighted by atomic mass is 79.9. The Morgan fingerprint density at radius 3 is 2.61 bits per heavy atom. The molecule has 0 heterocycles. The van der Waals surface area contributed by atoms with Crippen molar-refractivity contribution in [2.75, 3.05) is 13.6 Å². The van der Waals surface area contributed by atoms with Gasteiger partial charge in [0.05, 0.1) is 11.4 Å². The lowest BCUT2D eigenvalue weighted by Gasteiger charge is -2.10. The van der Waals surface area contributed by atoms with Crippen molar-refractivity contribution in [2.24, 2.45) is 0 Å². The van der Waals surface area contributed by atoms with Crippen molar-refractivity contribution >= 4 is 26.0 Å². The zero-order valence-corrected chi connectivity index (χ0v) is 12.0. The van der Waals surface area contributed by atoms with Crippen LogP contribution in [-0.4, -0.2) is 28.4 Å². The molecule has 0 radical (unpaired) electrons. The lowest BCUT2D eigenvalue weighted by atomic mass is 10.2. The summed E-state index contributed by atoms with van der Waals surface area (Å²) in [5.41, 5.74) is 0.748. The van der Waals surface area contributed by atoms with E-state index in [-0.39, 0.29) is 4.90 Å². The fourth-order valence-corrected chi connectivity index (χ4v) is 3.34. The highest BCUT2D eigenvalue weighted by Crippen LogP contribution is 2.23. The smallest absolute Gasteiger partial charge is 0.251 e. The van der Waals surface area contributed by atoms with E-state index in [0.717, 1.165) is 5.56 Å². The first-order chi connectivity index (χ1) is 8.36. The largest absolute Gasteiger partial charge is 0.316 e. The molecule has 1 rings (SSSR count). The molecule has 18 heavy (non-hydrogen) atoms. The van der Waals surface area contributed by atoms with Crippen LogP contribution in [0.4, 0.5) is 8.78 Å². The van der Waals surface area contributed by atoms with E-state index in [4.69, 9.17) is 0 Å². The summed E-state index contributed by atoms with van der Waals surface area (Å²) in [5, 5.41) is 2.88. The van der Waals surface area contributed by atoms with Crippen molar-refractivity contribution in [3.8, 4) is 0 Å². The Morgan fingerprint density at radius 2 is 2.06 bits per heavy atom. The molecule has 0 atom stereocenters. The van der Waals surface area contributed by atoms with Gasteiger partial charge in [0.25, 0.3) is 6.43 Å². The molecule has 0 bridgehead atoms. The molecule has 1 aromatic carbocycles. The van der Waals surface area contributed by atoms with E-state index in [1.165, 1.54) is 6.07 Å². The minimum absolute atomic E-state index is 0.0455. The average molecular weight is 343 g/mol. The molecule has 0 aliphatic carbocycles. The second-order valence-electron chi connectivity index (χ2n) is 3.54. The first-order valence-corrected chi connectivity index (χ1v) is 7.35. The van der Waals surface area contributed by atoms with Gasteiger partial charge in [-0.15, -0.1) is 0 Å². The molecule has 0 spiro atoms. The lowest BCUT2D eigenvalue weighted by molar-refractivity contribution is 0.153. The maximum Gasteiger partial charge on any atom is 0.251 e. The molecule has 0 aliphatic rings. The van der Waals surface area contributed by atoms with E-state index in [9.17, 15) is 17.2 Å². The van der Waals surface area contributed by atoms with Gasteiger partial charge < -0.3 is 5.32 Å². The molecular formula is C10H13BrF2N2O2S. The first kappa shape index (κ1) is 15.5. The van der Waals surface area contributed by atoms with E-state index in [1.54, 1.807) is 19.2 Å². The number of halogens is 3. The monoisotopic (exact) mass is 342 g/mol. The number of sulfonamides is 1. The van der Waals surface area contributed by atoms with Gasteiger partial charge in [0.1, 0.15) is 0 Å². The van der Waals surface area contributed by atoms with Crippen molar-refractivity contribution in [3.63, 3.8) is 0 Å². The van der Waals surface area contributed by atoms with Crippen LogP contribution in [0.3, 0.4) is 0 Å². The van der Waals surface area contributed by atoms with Crippen molar-refractivity contribution in [3.05, 3.63) is 28.2 Å². The normalized spacial score (nSPS) is 12.1. The maximum atomic E-state index is 12.0. The second-order valence-corrected chi connectivity index (χ2v) is 6.13. The zero-order valence-electron chi connectivity index (χ0n) is 9.58. The maximum absolute atomic E-state index is 12.0. The molecule has 0 aliphatic heterocycles. The Hall–Kier alpha value is -0.570. The molecule has 0 saturated heterocycles. The molecule has 0 aromatic heterocycles. The molecule has 0 fully saturated rings. The van der Waals surface area contributed by atoms with Crippen LogP contribution in [0.1, 0.15) is 5.56 Å². The van der Waals surface area contributed by atoms with Crippen molar-refractivity contribution < 1.29 is 17.2 Å². The predicted molar refractivity (Wildman–Crippen MR) is 68.1 cm³/mol. The summed E-state index contributed by atoms with van der Waals surface area (Å²) in [6.07, 6.45) is -2.72. The molecule has 0 unspecified atom stereocenters. The molecule has 1 aromatic rings. The molecule has 0 amide bonds. The summed E-state index contributed by atoms with van der Waals surface area (Å²) in [7, 11) is -2.20. The molecule has 0 saturated carbocycles. The summed E-state index contributed by atoms with van der Waals surface area (Å²) in [5.74, 6) is 0. The molecule has 102 valence electrons. The Balaban J connectivity index is 3.03. The van der Waals surface area contributed by atoms with Gasteiger partial charge in [0.15, 0.2) is 0 Å². The third-order valence-corrected chi connectivity index (χ3v) is 4.51. The summed E-state index contributed by atoms with van der Waals surface area (Å²) < 4.78 is 49.9. The fraction of sp³-hybridized carbons (Fsp3) is 0.400. The number of benzene rings is 1. The third kappa shape index (κ3) is 4.27. The number of hydrogen-bond acceptors (Lipinski definition) is 3. The Morgan fingerprint density at radius 1 is 1.39 bits per heavy atom. The minimum Gasteiger partial charge on any atom is -0.316 e. The van der Waals surface area contributed by atoms with Gasteiger partial charge in [0, 0.05) is 11.0 Å². The van der Waals surface area contributed by atoms with E-state index in [2.05, 4.69) is 21.2 Å². The Bertz CT molecular complexity index is 509. The topological polar surface area (TPSA) is 58.2 Å². The predicted octanol–water partition coefficient (Wildman–Crippen LogP) is 1.71. The van der Waals surface area contributed by atoms with Gasteiger partial charge in [-0.25, -0.2) is 21.9 Å². The first-order valence-electron chi connectivity index (χ1n) is 5.07. The summed E-state index contributed by atoms with van der Waals surface area (Å²) >= 11 is 3.10. The number of rotatable bonds is 6. The van der Waals surface area contributed by atoms with Crippen LogP contribution in [0, 0.1) is 0 Å². The lowest BCUT2D eigenvalue weighted by Crippen LogP contribution is -2.29. The van der Waals surface area contributed by atoms with Crippen LogP contribution < -0.4 is 10.0 Å². The van der Waals surface area contributed by atoms with Crippen LogP contribution in [0.5, 0.6) is 0 Å². The SMILES string of the molecule is CNCc1ccc(Br)c(S(=O)(=O)NCC(F)F)c1. The average Bonchev–Trinajstić information content (AvgIpc) is 2.29. The molecule has 2 N–H and O–H groups in total. The van der Waals surface area contributed by atoms with Crippen LogP contribution in [0.25, 0.3) is 0 Å². The van der Waals surface area contributed by atoms with E-state index in [1.807, 2.05) is 4.72 Å². The van der Waals surface area contributed by atoms with Gasteiger partial charge in [-0.2, -0.15) is 0 Å². The number of alkyl halides is 2. The van der Waals surface area contributed by atoms with Crippen LogP contribution in [0.2, 0.25) is 0 Å². The van der Waals surface area contributed by atoms with Crippen molar-refractivity contribution in [1.82, 2.24) is 10.0 Å². The van der Waals surface area contributed by atoms with Gasteiger partial charge in [-0.3, -0.25) is 0 Å². The summed E-state index contributed by atoms with van der Waals surface area (Å²) in [4.78, 5) is -0.0455. The molecular weight excluding hydrogens is 330 g/mol. The minimum atomic E-state index is -3.93. The zero-order chi connectivity index (χ0) is 13.8. The van der Waals surface area contributed by atoms with Crippen molar-refractivity contribution in [2.45, 2.75) is 17.9 Å². The second kappa shape index (κ2) is 6.55. The van der Waals surface area contributed by atoms with E-state index >= 15 is 0 Å². The van der Waals surface area contributed by atoms with Crippen LogP contribution in [0.15, 0.2) is 27.6 Å². The highest BCUT2D eigenvalue weighted by Gasteiger charge is 2.19. The number of nitrogens with one attached hydrogen (secondary N) is 2. The highest BCUT2D eigenvalue weighted by molar-refractivity contribution is 9.10. The number of hydrogen-bond donors (Lipinski definition) is 2. The van der Waals surface area contributed by atoms with Crippen LogP contribution >= 0.6 is 15.9 Å². The van der Waals surface area contributed by atoms with Crippen LogP contribution in [-0.2, 0) is 16.6 Å². The Kier molecular flexibility index (Phi) is 5.64. The molecule has 4 nitrogen and oxygen atoms in total. The van der Waals surface area contributed by atoms with E-state index < -0.39 is 23.0 Å². The van der Waals surface area contributed by atoms with E-state index in [0.29, 0.717) is 11.0 Å². The quantitative estimate of drug-likeness (QED) is 0.827. The van der Waals surface area contributed by atoms with Gasteiger partial charge >= 0.3 is 0 Å². The summed E-state index contributed by atoms with van der Waals surface area (Å²) in [6.45, 7) is -0.407. The fourth-order valence-electron chi connectivity index (χ4n) is 1.32. The Labute approximate surface area is 113 Å². The molecule has 8 heteroatoms. The third-order valence-electron chi connectivity index (χ3n) is 2.09. The van der Waals surface area contributed by atoms with Crippen molar-refractivity contribution in [1.29, 1.82) is 0 Å². The van der Waals surface area contributed by atoms with Gasteiger partial charge in [0.2, 0.25) is 10.0 Å².